The van der Waals surface area contributed by atoms with Gasteiger partial charge in [0, 0.05) is 5.69 Å². The summed E-state index contributed by atoms with van der Waals surface area (Å²) in [5.41, 5.74) is 0.804. The fraction of sp³-hybridized carbons (Fsp3) is 0.263. The van der Waals surface area contributed by atoms with E-state index in [0.717, 1.165) is 10.6 Å². The molecule has 156 valence electrons. The Balaban J connectivity index is 2.16. The summed E-state index contributed by atoms with van der Waals surface area (Å²) >= 11 is 6.08. The number of carbonyl (C=O) groups is 2. The van der Waals surface area contributed by atoms with Gasteiger partial charge in [-0.1, -0.05) is 11.6 Å². The predicted octanol–water partition coefficient (Wildman–Crippen LogP) is 2.93. The van der Waals surface area contributed by atoms with E-state index in [1.165, 1.54) is 37.4 Å². The predicted molar refractivity (Wildman–Crippen MR) is 111 cm³/mol. The first-order valence-electron chi connectivity index (χ1n) is 8.54. The molecule has 0 radical (unpaired) electrons. The Bertz CT molecular complexity index is 992. The molecule has 0 aliphatic rings. The number of rotatable bonds is 8. The van der Waals surface area contributed by atoms with E-state index >= 15 is 0 Å². The van der Waals surface area contributed by atoms with E-state index in [1.54, 1.807) is 19.1 Å². The summed E-state index contributed by atoms with van der Waals surface area (Å²) in [5, 5.41) is 2.68. The first-order chi connectivity index (χ1) is 13.7. The second kappa shape index (κ2) is 9.62. The van der Waals surface area contributed by atoms with E-state index in [-0.39, 0.29) is 17.2 Å². The third-order valence-electron chi connectivity index (χ3n) is 3.80. The Morgan fingerprint density at radius 2 is 1.79 bits per heavy atom. The number of nitrogens with one attached hydrogen (secondary N) is 1. The first kappa shape index (κ1) is 22.5. The van der Waals surface area contributed by atoms with Crippen LogP contribution in [-0.4, -0.2) is 46.8 Å². The van der Waals surface area contributed by atoms with Crippen molar-refractivity contribution in [3.63, 3.8) is 0 Å². The number of ether oxygens (including phenoxy) is 2. The van der Waals surface area contributed by atoms with Gasteiger partial charge in [-0.15, -0.1) is 0 Å². The lowest BCUT2D eigenvalue weighted by molar-refractivity contribution is -0.114. The zero-order chi connectivity index (χ0) is 21.6. The third kappa shape index (κ3) is 6.10. The van der Waals surface area contributed by atoms with Gasteiger partial charge in [0.2, 0.25) is 15.9 Å². The van der Waals surface area contributed by atoms with Crippen LogP contribution in [0, 0.1) is 0 Å². The van der Waals surface area contributed by atoms with Crippen LogP contribution in [0.25, 0.3) is 0 Å². The van der Waals surface area contributed by atoms with Gasteiger partial charge in [-0.3, -0.25) is 9.10 Å². The van der Waals surface area contributed by atoms with Crippen molar-refractivity contribution in [2.24, 2.45) is 0 Å². The van der Waals surface area contributed by atoms with Gasteiger partial charge in [0.15, 0.2) is 0 Å². The van der Waals surface area contributed by atoms with E-state index in [4.69, 9.17) is 21.1 Å². The average molecular weight is 441 g/mol. The van der Waals surface area contributed by atoms with E-state index < -0.39 is 28.4 Å². The molecule has 0 spiro atoms. The number of hydrogen-bond donors (Lipinski definition) is 1. The first-order valence-corrected chi connectivity index (χ1v) is 10.8. The second-order valence-corrected chi connectivity index (χ2v) is 8.24. The minimum absolute atomic E-state index is 0.108. The van der Waals surface area contributed by atoms with Gasteiger partial charge < -0.3 is 14.8 Å². The zero-order valence-corrected chi connectivity index (χ0v) is 17.7. The molecule has 29 heavy (non-hydrogen) atoms. The SMILES string of the molecule is CCOC(=O)c1ccc(NC(=O)CN(c2ccc(OC)cc2)S(C)(=O)=O)cc1Cl. The molecule has 0 atom stereocenters. The van der Waals surface area contributed by atoms with E-state index in [1.807, 2.05) is 0 Å². The van der Waals surface area contributed by atoms with Crippen LogP contribution in [0.3, 0.4) is 0 Å². The minimum atomic E-state index is -3.71. The van der Waals surface area contributed by atoms with Gasteiger partial charge in [0.1, 0.15) is 12.3 Å². The molecule has 0 fully saturated rings. The van der Waals surface area contributed by atoms with Gasteiger partial charge >= 0.3 is 5.97 Å². The second-order valence-electron chi connectivity index (χ2n) is 5.93. The number of amides is 1. The number of hydrogen-bond acceptors (Lipinski definition) is 6. The van der Waals surface area contributed by atoms with Crippen molar-refractivity contribution in [1.82, 2.24) is 0 Å². The lowest BCUT2D eigenvalue weighted by Crippen LogP contribution is -2.37. The molecule has 1 amide bonds. The molecule has 0 aliphatic heterocycles. The molecule has 1 N–H and O–H groups in total. The number of nitrogens with zero attached hydrogens (tertiary/aromatic N) is 1. The largest absolute Gasteiger partial charge is 0.497 e. The van der Waals surface area contributed by atoms with Crippen LogP contribution < -0.4 is 14.4 Å². The average Bonchev–Trinajstić information content (AvgIpc) is 2.65. The molecule has 2 rings (SSSR count). The van der Waals surface area contributed by atoms with Crippen molar-refractivity contribution in [2.45, 2.75) is 6.92 Å². The molecule has 0 heterocycles. The number of anilines is 2. The van der Waals surface area contributed by atoms with Crippen LogP contribution in [0.4, 0.5) is 11.4 Å². The van der Waals surface area contributed by atoms with Crippen molar-refractivity contribution in [3.8, 4) is 5.75 Å². The van der Waals surface area contributed by atoms with Crippen LogP contribution in [0.5, 0.6) is 5.75 Å². The lowest BCUT2D eigenvalue weighted by Gasteiger charge is -2.22. The molecule has 2 aromatic carbocycles. The van der Waals surface area contributed by atoms with Gasteiger partial charge in [-0.05, 0) is 49.4 Å². The molecule has 0 bridgehead atoms. The topological polar surface area (TPSA) is 102 Å². The Morgan fingerprint density at radius 1 is 1.14 bits per heavy atom. The Labute approximate surface area is 174 Å². The minimum Gasteiger partial charge on any atom is -0.497 e. The van der Waals surface area contributed by atoms with E-state index in [0.29, 0.717) is 17.1 Å². The normalized spacial score (nSPS) is 10.9. The van der Waals surface area contributed by atoms with Gasteiger partial charge in [0.05, 0.1) is 36.2 Å². The highest BCUT2D eigenvalue weighted by molar-refractivity contribution is 7.92. The summed E-state index contributed by atoms with van der Waals surface area (Å²) < 4.78 is 35.2. The van der Waals surface area contributed by atoms with Crippen molar-refractivity contribution in [3.05, 3.63) is 53.1 Å². The van der Waals surface area contributed by atoms with Crippen LogP contribution in [-0.2, 0) is 19.6 Å². The maximum atomic E-state index is 12.4. The molecule has 0 saturated heterocycles. The summed E-state index contributed by atoms with van der Waals surface area (Å²) in [5.74, 6) is -0.590. The lowest BCUT2D eigenvalue weighted by atomic mass is 10.2. The Morgan fingerprint density at radius 3 is 2.31 bits per heavy atom. The Hall–Kier alpha value is -2.78. The number of carbonyl (C=O) groups excluding carboxylic acids is 2. The molecule has 0 unspecified atom stereocenters. The van der Waals surface area contributed by atoms with Gasteiger partial charge in [-0.2, -0.15) is 0 Å². The quantitative estimate of drug-likeness (QED) is 0.633. The summed E-state index contributed by atoms with van der Waals surface area (Å²) in [7, 11) is -2.22. The van der Waals surface area contributed by atoms with Crippen LogP contribution in [0.1, 0.15) is 17.3 Å². The van der Waals surface area contributed by atoms with Crippen LogP contribution in [0.15, 0.2) is 42.5 Å². The summed E-state index contributed by atoms with van der Waals surface area (Å²) in [6.07, 6.45) is 1.01. The summed E-state index contributed by atoms with van der Waals surface area (Å²) in [6, 6.07) is 10.6. The molecule has 8 nitrogen and oxygen atoms in total. The van der Waals surface area contributed by atoms with E-state index in [9.17, 15) is 18.0 Å². The van der Waals surface area contributed by atoms with Crippen molar-refractivity contribution in [1.29, 1.82) is 0 Å². The highest BCUT2D eigenvalue weighted by atomic mass is 35.5. The molecule has 0 aliphatic carbocycles. The molecule has 0 saturated carbocycles. The highest BCUT2D eigenvalue weighted by Crippen LogP contribution is 2.23. The fourth-order valence-electron chi connectivity index (χ4n) is 2.45. The van der Waals surface area contributed by atoms with Crippen LogP contribution in [0.2, 0.25) is 5.02 Å². The Kier molecular flexibility index (Phi) is 7.46. The molecular weight excluding hydrogens is 420 g/mol. The molecule has 10 heteroatoms. The van der Waals surface area contributed by atoms with Crippen molar-refractivity contribution in [2.75, 3.05) is 36.1 Å². The zero-order valence-electron chi connectivity index (χ0n) is 16.1. The maximum absolute atomic E-state index is 12.4. The summed E-state index contributed by atoms with van der Waals surface area (Å²) in [4.78, 5) is 24.2. The van der Waals surface area contributed by atoms with Gasteiger partial charge in [0.25, 0.3) is 0 Å². The number of esters is 1. The number of sulfonamides is 1. The van der Waals surface area contributed by atoms with Gasteiger partial charge in [-0.25, -0.2) is 13.2 Å². The smallest absolute Gasteiger partial charge is 0.339 e. The third-order valence-corrected chi connectivity index (χ3v) is 5.25. The van der Waals surface area contributed by atoms with Crippen LogP contribution >= 0.6 is 11.6 Å². The molecular formula is C19H21ClN2O6S. The monoisotopic (exact) mass is 440 g/mol. The van der Waals surface area contributed by atoms with Crippen molar-refractivity contribution >= 4 is 44.9 Å². The number of benzene rings is 2. The molecule has 2 aromatic rings. The number of halogens is 1. The fourth-order valence-corrected chi connectivity index (χ4v) is 3.56. The van der Waals surface area contributed by atoms with Crippen molar-refractivity contribution < 1.29 is 27.5 Å². The number of methoxy groups -OCH3 is 1. The molecule has 0 aromatic heterocycles. The summed E-state index contributed by atoms with van der Waals surface area (Å²) in [6.45, 7) is 1.44. The maximum Gasteiger partial charge on any atom is 0.339 e. The highest BCUT2D eigenvalue weighted by Gasteiger charge is 2.21. The van der Waals surface area contributed by atoms with E-state index in [2.05, 4.69) is 5.32 Å². The standard InChI is InChI=1S/C19H21ClN2O6S/c1-4-28-19(24)16-10-5-13(11-17(16)20)21-18(23)12-22(29(3,25)26)14-6-8-15(27-2)9-7-14/h5-11H,4,12H2,1-3H3,(H,21,23).